The van der Waals surface area contributed by atoms with Crippen molar-refractivity contribution in [2.75, 3.05) is 0 Å². The Labute approximate surface area is 109 Å². The van der Waals surface area contributed by atoms with E-state index in [2.05, 4.69) is 0 Å². The van der Waals surface area contributed by atoms with Gasteiger partial charge in [-0.15, -0.1) is 0 Å². The van der Waals surface area contributed by atoms with Gasteiger partial charge in [0.15, 0.2) is 0 Å². The molecule has 1 heterocycles. The second-order valence-electron chi connectivity index (χ2n) is 4.33. The van der Waals surface area contributed by atoms with E-state index < -0.39 is 10.9 Å². The van der Waals surface area contributed by atoms with Crippen molar-refractivity contribution < 1.29 is 14.8 Å². The van der Waals surface area contributed by atoms with Gasteiger partial charge < -0.3 is 9.67 Å². The molecule has 0 amide bonds. The van der Waals surface area contributed by atoms with Crippen LogP contribution in [0, 0.1) is 10.1 Å². The number of hydrogen-bond acceptors (Lipinski definition) is 3. The number of carboxylic acids is 1. The summed E-state index contributed by atoms with van der Waals surface area (Å²) in [4.78, 5) is 20.9. The number of nitro groups is 1. The van der Waals surface area contributed by atoms with E-state index in [1.807, 2.05) is 10.6 Å². The van der Waals surface area contributed by atoms with E-state index in [-0.39, 0.29) is 12.1 Å². The molecule has 0 saturated heterocycles. The number of hydrogen-bond donors (Lipinski definition) is 1. The molecule has 0 spiro atoms. The van der Waals surface area contributed by atoms with Gasteiger partial charge in [0, 0.05) is 25.2 Å². The number of carboxylic acid groups (broad SMARTS) is 1. The monoisotopic (exact) mass is 262 g/mol. The van der Waals surface area contributed by atoms with Gasteiger partial charge in [-0.25, -0.2) is 0 Å². The third-order valence-corrected chi connectivity index (χ3v) is 3.03. The van der Waals surface area contributed by atoms with E-state index in [4.69, 9.17) is 5.11 Å². The largest absolute Gasteiger partial charge is 0.481 e. The van der Waals surface area contributed by atoms with E-state index in [9.17, 15) is 14.9 Å². The first kappa shape index (κ1) is 13.1. The summed E-state index contributed by atoms with van der Waals surface area (Å²) in [5.74, 6) is -0.798. The summed E-state index contributed by atoms with van der Waals surface area (Å²) in [6.45, 7) is 0.665. The normalized spacial score (nSPS) is 10.7. The highest BCUT2D eigenvalue weighted by Gasteiger charge is 2.13. The number of unbranched alkanes of at least 4 members (excludes halogenated alkanes) is 1. The number of rotatable bonds is 6. The smallest absolute Gasteiger partial charge is 0.303 e. The highest BCUT2D eigenvalue weighted by molar-refractivity contribution is 5.89. The van der Waals surface area contributed by atoms with Crippen LogP contribution < -0.4 is 0 Å². The fraction of sp³-hybridized carbons (Fsp3) is 0.308. The van der Waals surface area contributed by atoms with Crippen LogP contribution >= 0.6 is 0 Å². The maximum atomic E-state index is 10.9. The van der Waals surface area contributed by atoms with E-state index >= 15 is 0 Å². The summed E-state index contributed by atoms with van der Waals surface area (Å²) in [6, 6.07) is 6.70. The van der Waals surface area contributed by atoms with Crippen LogP contribution in [0.5, 0.6) is 0 Å². The first-order chi connectivity index (χ1) is 9.09. The van der Waals surface area contributed by atoms with Gasteiger partial charge in [-0.05, 0) is 25.0 Å². The van der Waals surface area contributed by atoms with Crippen molar-refractivity contribution in [3.63, 3.8) is 0 Å². The lowest BCUT2D eigenvalue weighted by Crippen LogP contribution is -1.99. The lowest BCUT2D eigenvalue weighted by atomic mass is 10.2. The standard InChI is InChI=1S/C13H14N2O4/c16-13(17)6-1-2-8-14-9-7-10-11(14)4-3-5-12(10)15(18)19/h3-5,7,9H,1-2,6,8H2,(H,16,17). The zero-order valence-corrected chi connectivity index (χ0v) is 10.3. The van der Waals surface area contributed by atoms with Crippen molar-refractivity contribution in [2.45, 2.75) is 25.8 Å². The Hall–Kier alpha value is -2.37. The van der Waals surface area contributed by atoms with Crippen LogP contribution in [0.4, 0.5) is 5.69 Å². The van der Waals surface area contributed by atoms with Gasteiger partial charge in [-0.2, -0.15) is 0 Å². The molecule has 0 radical (unpaired) electrons. The molecule has 0 aliphatic carbocycles. The van der Waals surface area contributed by atoms with Crippen LogP contribution in [-0.2, 0) is 11.3 Å². The van der Waals surface area contributed by atoms with Crippen molar-refractivity contribution in [3.8, 4) is 0 Å². The van der Waals surface area contributed by atoms with E-state index in [1.165, 1.54) is 6.07 Å². The van der Waals surface area contributed by atoms with Crippen molar-refractivity contribution in [1.29, 1.82) is 0 Å². The zero-order chi connectivity index (χ0) is 13.8. The Kier molecular flexibility index (Phi) is 3.79. The van der Waals surface area contributed by atoms with Crippen molar-refractivity contribution in [3.05, 3.63) is 40.6 Å². The molecule has 0 fully saturated rings. The average molecular weight is 262 g/mol. The Morgan fingerprint density at radius 3 is 2.79 bits per heavy atom. The summed E-state index contributed by atoms with van der Waals surface area (Å²) >= 11 is 0. The molecule has 0 aliphatic rings. The summed E-state index contributed by atoms with van der Waals surface area (Å²) in [5.41, 5.74) is 0.909. The van der Waals surface area contributed by atoms with Gasteiger partial charge in [0.05, 0.1) is 15.8 Å². The van der Waals surface area contributed by atoms with E-state index in [0.29, 0.717) is 18.4 Å². The first-order valence-corrected chi connectivity index (χ1v) is 6.03. The quantitative estimate of drug-likeness (QED) is 0.492. The van der Waals surface area contributed by atoms with Gasteiger partial charge in [0.25, 0.3) is 5.69 Å². The summed E-state index contributed by atoms with van der Waals surface area (Å²) in [6.07, 6.45) is 3.29. The van der Waals surface area contributed by atoms with Gasteiger partial charge in [0.2, 0.25) is 0 Å². The molecule has 0 unspecified atom stereocenters. The predicted molar refractivity (Wildman–Crippen MR) is 70.1 cm³/mol. The predicted octanol–water partition coefficient (Wildman–Crippen LogP) is 2.80. The van der Waals surface area contributed by atoms with Gasteiger partial charge in [-0.3, -0.25) is 14.9 Å². The number of non-ortho nitro benzene ring substituents is 1. The summed E-state index contributed by atoms with van der Waals surface area (Å²) < 4.78 is 1.92. The minimum Gasteiger partial charge on any atom is -0.481 e. The number of aryl methyl sites for hydroxylation is 1. The maximum Gasteiger partial charge on any atom is 0.303 e. The number of aromatic nitrogens is 1. The summed E-state index contributed by atoms with van der Waals surface area (Å²) in [7, 11) is 0. The molecule has 0 bridgehead atoms. The SMILES string of the molecule is O=C(O)CCCCn1ccc2c([N+](=O)[O-])cccc21. The topological polar surface area (TPSA) is 85.4 Å². The van der Waals surface area contributed by atoms with E-state index in [1.54, 1.807) is 18.3 Å². The van der Waals surface area contributed by atoms with Crippen LogP contribution in [0.3, 0.4) is 0 Å². The molecule has 0 saturated carbocycles. The fourth-order valence-electron chi connectivity index (χ4n) is 2.12. The minimum atomic E-state index is -0.798. The lowest BCUT2D eigenvalue weighted by molar-refractivity contribution is -0.383. The molecule has 0 atom stereocenters. The molecule has 100 valence electrons. The van der Waals surface area contributed by atoms with Crippen LogP contribution in [-0.4, -0.2) is 20.6 Å². The van der Waals surface area contributed by atoms with Crippen molar-refractivity contribution in [2.24, 2.45) is 0 Å². The molecular weight excluding hydrogens is 248 g/mol. The average Bonchev–Trinajstić information content (AvgIpc) is 2.77. The minimum absolute atomic E-state index is 0.0989. The molecule has 2 rings (SSSR count). The van der Waals surface area contributed by atoms with Crippen LogP contribution in [0.1, 0.15) is 19.3 Å². The highest BCUT2D eigenvalue weighted by Crippen LogP contribution is 2.26. The number of carbonyl (C=O) groups is 1. The molecule has 6 heteroatoms. The van der Waals surface area contributed by atoms with Gasteiger partial charge >= 0.3 is 5.97 Å². The van der Waals surface area contributed by atoms with Crippen molar-refractivity contribution in [1.82, 2.24) is 4.57 Å². The number of benzene rings is 1. The Morgan fingerprint density at radius 2 is 2.11 bits per heavy atom. The third kappa shape index (κ3) is 2.90. The van der Waals surface area contributed by atoms with E-state index in [0.717, 1.165) is 11.9 Å². The lowest BCUT2D eigenvalue weighted by Gasteiger charge is -2.04. The molecule has 2 aromatic rings. The number of aliphatic carboxylic acids is 1. The van der Waals surface area contributed by atoms with Crippen LogP contribution in [0.15, 0.2) is 30.5 Å². The number of nitro benzene ring substituents is 1. The Morgan fingerprint density at radius 1 is 1.32 bits per heavy atom. The molecule has 1 aromatic heterocycles. The molecule has 1 aromatic carbocycles. The first-order valence-electron chi connectivity index (χ1n) is 6.03. The highest BCUT2D eigenvalue weighted by atomic mass is 16.6. The molecular formula is C13H14N2O4. The van der Waals surface area contributed by atoms with Crippen molar-refractivity contribution >= 4 is 22.6 Å². The molecule has 6 nitrogen and oxygen atoms in total. The van der Waals surface area contributed by atoms with Crippen LogP contribution in [0.2, 0.25) is 0 Å². The van der Waals surface area contributed by atoms with Crippen LogP contribution in [0.25, 0.3) is 10.9 Å². The Balaban J connectivity index is 2.14. The second-order valence-corrected chi connectivity index (χ2v) is 4.33. The molecule has 0 aliphatic heterocycles. The molecule has 1 N–H and O–H groups in total. The fourth-order valence-corrected chi connectivity index (χ4v) is 2.12. The summed E-state index contributed by atoms with van der Waals surface area (Å²) in [5, 5.41) is 20.1. The Bertz CT molecular complexity index is 618. The number of nitrogens with zero attached hydrogens (tertiary/aromatic N) is 2. The molecule has 19 heavy (non-hydrogen) atoms. The number of fused-ring (bicyclic) bond motifs is 1. The third-order valence-electron chi connectivity index (χ3n) is 3.03. The maximum absolute atomic E-state index is 10.9. The van der Waals surface area contributed by atoms with Gasteiger partial charge in [-0.1, -0.05) is 6.07 Å². The zero-order valence-electron chi connectivity index (χ0n) is 10.3. The van der Waals surface area contributed by atoms with Gasteiger partial charge in [0.1, 0.15) is 0 Å². The second kappa shape index (κ2) is 5.51.